The SMILES string of the molecule is CC(C)=CCC(C)(C)c1ccccc1. The van der Waals surface area contributed by atoms with Gasteiger partial charge in [-0.25, -0.2) is 0 Å². The Bertz CT molecular complexity index is 300. The van der Waals surface area contributed by atoms with Gasteiger partial charge in [-0.05, 0) is 31.2 Å². The maximum absolute atomic E-state index is 2.31. The molecule has 0 heteroatoms. The van der Waals surface area contributed by atoms with Gasteiger partial charge in [0.15, 0.2) is 0 Å². The largest absolute Gasteiger partial charge is 0.0850 e. The number of hydrogen-bond donors (Lipinski definition) is 0. The van der Waals surface area contributed by atoms with E-state index in [1.54, 1.807) is 0 Å². The highest BCUT2D eigenvalue weighted by atomic mass is 14.2. The normalized spacial score (nSPS) is 11.1. The zero-order valence-corrected chi connectivity index (χ0v) is 9.67. The Kier molecular flexibility index (Phi) is 3.51. The molecule has 0 spiro atoms. The summed E-state index contributed by atoms with van der Waals surface area (Å²) >= 11 is 0. The van der Waals surface area contributed by atoms with Crippen LogP contribution in [-0.4, -0.2) is 0 Å². The van der Waals surface area contributed by atoms with Crippen molar-refractivity contribution in [2.75, 3.05) is 0 Å². The van der Waals surface area contributed by atoms with E-state index in [0.29, 0.717) is 0 Å². The predicted molar refractivity (Wildman–Crippen MR) is 63.5 cm³/mol. The first-order valence-electron chi connectivity index (χ1n) is 5.21. The molecule has 0 amide bonds. The van der Waals surface area contributed by atoms with Gasteiger partial charge in [0, 0.05) is 0 Å². The molecule has 1 rings (SSSR count). The van der Waals surface area contributed by atoms with E-state index in [1.165, 1.54) is 11.1 Å². The minimum atomic E-state index is 0.249. The Labute approximate surface area is 87.7 Å². The van der Waals surface area contributed by atoms with Crippen molar-refractivity contribution >= 4 is 0 Å². The lowest BCUT2D eigenvalue weighted by atomic mass is 9.81. The van der Waals surface area contributed by atoms with E-state index in [9.17, 15) is 0 Å². The van der Waals surface area contributed by atoms with E-state index >= 15 is 0 Å². The second-order valence-corrected chi connectivity index (χ2v) is 4.74. The fourth-order valence-electron chi connectivity index (χ4n) is 1.47. The molecule has 0 fully saturated rings. The molecule has 0 N–H and O–H groups in total. The van der Waals surface area contributed by atoms with Gasteiger partial charge in [0.25, 0.3) is 0 Å². The Morgan fingerprint density at radius 2 is 1.71 bits per heavy atom. The van der Waals surface area contributed by atoms with E-state index in [2.05, 4.69) is 64.1 Å². The second kappa shape index (κ2) is 4.45. The van der Waals surface area contributed by atoms with Crippen LogP contribution >= 0.6 is 0 Å². The summed E-state index contributed by atoms with van der Waals surface area (Å²) in [6, 6.07) is 10.7. The lowest BCUT2D eigenvalue weighted by Gasteiger charge is -2.23. The summed E-state index contributed by atoms with van der Waals surface area (Å²) < 4.78 is 0. The Hall–Kier alpha value is -1.04. The van der Waals surface area contributed by atoms with Crippen molar-refractivity contribution < 1.29 is 0 Å². The number of benzene rings is 1. The minimum absolute atomic E-state index is 0.249. The van der Waals surface area contributed by atoms with Gasteiger partial charge in [0.1, 0.15) is 0 Å². The Balaban J connectivity index is 2.81. The summed E-state index contributed by atoms with van der Waals surface area (Å²) in [6.07, 6.45) is 3.42. The molecule has 0 aromatic heterocycles. The van der Waals surface area contributed by atoms with Crippen LogP contribution in [0.3, 0.4) is 0 Å². The van der Waals surface area contributed by atoms with Crippen molar-refractivity contribution in [2.45, 2.75) is 39.5 Å². The molecule has 0 radical (unpaired) electrons. The molecule has 14 heavy (non-hydrogen) atoms. The molecule has 0 aliphatic carbocycles. The Morgan fingerprint density at radius 1 is 1.14 bits per heavy atom. The van der Waals surface area contributed by atoms with Gasteiger partial charge in [-0.1, -0.05) is 55.8 Å². The summed E-state index contributed by atoms with van der Waals surface area (Å²) in [5.41, 5.74) is 3.06. The van der Waals surface area contributed by atoms with Crippen molar-refractivity contribution in [1.29, 1.82) is 0 Å². The number of hydrogen-bond acceptors (Lipinski definition) is 0. The molecule has 0 saturated heterocycles. The molecular weight excluding hydrogens is 168 g/mol. The molecule has 1 aromatic carbocycles. The monoisotopic (exact) mass is 188 g/mol. The highest BCUT2D eigenvalue weighted by Crippen LogP contribution is 2.27. The van der Waals surface area contributed by atoms with Gasteiger partial charge in [0.2, 0.25) is 0 Å². The quantitative estimate of drug-likeness (QED) is 0.620. The van der Waals surface area contributed by atoms with Crippen molar-refractivity contribution in [3.63, 3.8) is 0 Å². The molecule has 76 valence electrons. The third-order valence-corrected chi connectivity index (χ3v) is 2.58. The van der Waals surface area contributed by atoms with E-state index < -0.39 is 0 Å². The standard InChI is InChI=1S/C14H20/c1-12(2)10-11-14(3,4)13-8-6-5-7-9-13/h5-10H,11H2,1-4H3. The molecule has 0 unspecified atom stereocenters. The fourth-order valence-corrected chi connectivity index (χ4v) is 1.47. The third kappa shape index (κ3) is 3.02. The van der Waals surface area contributed by atoms with Crippen LogP contribution < -0.4 is 0 Å². The number of allylic oxidation sites excluding steroid dienone is 2. The first-order chi connectivity index (χ1) is 6.52. The number of rotatable bonds is 3. The van der Waals surface area contributed by atoms with Gasteiger partial charge < -0.3 is 0 Å². The molecule has 0 aliphatic rings. The van der Waals surface area contributed by atoms with Gasteiger partial charge in [-0.15, -0.1) is 0 Å². The topological polar surface area (TPSA) is 0 Å². The van der Waals surface area contributed by atoms with Crippen LogP contribution in [0, 0.1) is 0 Å². The van der Waals surface area contributed by atoms with E-state index in [-0.39, 0.29) is 5.41 Å². The minimum Gasteiger partial charge on any atom is -0.0850 e. The molecule has 1 aromatic rings. The maximum atomic E-state index is 2.31. The fraction of sp³-hybridized carbons (Fsp3) is 0.429. The molecule has 0 aliphatic heterocycles. The van der Waals surface area contributed by atoms with E-state index in [0.717, 1.165) is 6.42 Å². The van der Waals surface area contributed by atoms with Gasteiger partial charge in [-0.2, -0.15) is 0 Å². The molecule has 0 bridgehead atoms. The first-order valence-corrected chi connectivity index (χ1v) is 5.21. The highest BCUT2D eigenvalue weighted by molar-refractivity contribution is 5.24. The van der Waals surface area contributed by atoms with Crippen LogP contribution in [0.4, 0.5) is 0 Å². The van der Waals surface area contributed by atoms with Crippen LogP contribution in [0.15, 0.2) is 42.0 Å². The zero-order valence-electron chi connectivity index (χ0n) is 9.67. The summed E-state index contributed by atoms with van der Waals surface area (Å²) in [7, 11) is 0. The summed E-state index contributed by atoms with van der Waals surface area (Å²) in [4.78, 5) is 0. The van der Waals surface area contributed by atoms with Crippen LogP contribution in [0.1, 0.15) is 39.7 Å². The van der Waals surface area contributed by atoms with Gasteiger partial charge in [-0.3, -0.25) is 0 Å². The van der Waals surface area contributed by atoms with Crippen LogP contribution in [0.5, 0.6) is 0 Å². The third-order valence-electron chi connectivity index (χ3n) is 2.58. The lowest BCUT2D eigenvalue weighted by Crippen LogP contribution is -2.15. The summed E-state index contributed by atoms with van der Waals surface area (Å²) in [6.45, 7) is 8.89. The van der Waals surface area contributed by atoms with Gasteiger partial charge >= 0.3 is 0 Å². The molecular formula is C14H20. The van der Waals surface area contributed by atoms with Crippen molar-refractivity contribution in [2.24, 2.45) is 0 Å². The molecule has 0 saturated carbocycles. The molecule has 0 nitrogen and oxygen atoms in total. The molecule has 0 atom stereocenters. The predicted octanol–water partition coefficient (Wildman–Crippen LogP) is 4.32. The smallest absolute Gasteiger partial charge is 0.00690 e. The summed E-state index contributed by atoms with van der Waals surface area (Å²) in [5, 5.41) is 0. The van der Waals surface area contributed by atoms with Crippen LogP contribution in [0.2, 0.25) is 0 Å². The second-order valence-electron chi connectivity index (χ2n) is 4.74. The zero-order chi connectivity index (χ0) is 10.6. The molecule has 0 heterocycles. The highest BCUT2D eigenvalue weighted by Gasteiger charge is 2.18. The van der Waals surface area contributed by atoms with Crippen molar-refractivity contribution in [1.82, 2.24) is 0 Å². The van der Waals surface area contributed by atoms with Crippen LogP contribution in [0.25, 0.3) is 0 Å². The van der Waals surface area contributed by atoms with Crippen molar-refractivity contribution in [3.8, 4) is 0 Å². The Morgan fingerprint density at radius 3 is 2.21 bits per heavy atom. The summed E-state index contributed by atoms with van der Waals surface area (Å²) in [5.74, 6) is 0. The maximum Gasteiger partial charge on any atom is -0.00690 e. The first kappa shape index (κ1) is 11.0. The van der Waals surface area contributed by atoms with Gasteiger partial charge in [0.05, 0.1) is 0 Å². The van der Waals surface area contributed by atoms with Crippen molar-refractivity contribution in [3.05, 3.63) is 47.5 Å². The van der Waals surface area contributed by atoms with Crippen LogP contribution in [-0.2, 0) is 5.41 Å². The average Bonchev–Trinajstić information content (AvgIpc) is 2.16. The average molecular weight is 188 g/mol. The van der Waals surface area contributed by atoms with E-state index in [1.807, 2.05) is 0 Å². The van der Waals surface area contributed by atoms with E-state index in [4.69, 9.17) is 0 Å². The lowest BCUT2D eigenvalue weighted by molar-refractivity contribution is 0.532.